The third-order valence-corrected chi connectivity index (χ3v) is 5.01. The van der Waals surface area contributed by atoms with Gasteiger partial charge in [-0.3, -0.25) is 9.48 Å². The Morgan fingerprint density at radius 1 is 1.29 bits per heavy atom. The van der Waals surface area contributed by atoms with E-state index in [-0.39, 0.29) is 11.9 Å². The van der Waals surface area contributed by atoms with Gasteiger partial charge in [0.25, 0.3) is 5.91 Å². The topological polar surface area (TPSA) is 50.2 Å². The zero-order chi connectivity index (χ0) is 20.4. The van der Waals surface area contributed by atoms with Crippen LogP contribution in [0.1, 0.15) is 47.6 Å². The molecule has 0 bridgehead atoms. The van der Waals surface area contributed by atoms with E-state index in [1.54, 1.807) is 19.0 Å². The summed E-state index contributed by atoms with van der Waals surface area (Å²) in [5, 5.41) is 8.01. The minimum atomic E-state index is -0.573. The van der Waals surface area contributed by atoms with Crippen molar-refractivity contribution in [2.24, 2.45) is 5.92 Å². The maximum absolute atomic E-state index is 13.4. The molecule has 1 unspecified atom stereocenters. The number of halogens is 2. The van der Waals surface area contributed by atoms with E-state index >= 15 is 0 Å². The van der Waals surface area contributed by atoms with E-state index in [1.165, 1.54) is 12.1 Å². The number of hydrogen-bond donors (Lipinski definition) is 1. The van der Waals surface area contributed by atoms with Crippen molar-refractivity contribution < 1.29 is 13.6 Å². The molecule has 1 heterocycles. The summed E-state index contributed by atoms with van der Waals surface area (Å²) in [4.78, 5) is 14.2. The summed E-state index contributed by atoms with van der Waals surface area (Å²) in [6.45, 7) is 5.43. The highest BCUT2D eigenvalue weighted by atomic mass is 19.1. The van der Waals surface area contributed by atoms with Crippen LogP contribution in [-0.2, 0) is 25.9 Å². The third-order valence-electron chi connectivity index (χ3n) is 5.01. The molecule has 1 aliphatic carbocycles. The van der Waals surface area contributed by atoms with E-state index in [2.05, 4.69) is 24.3 Å². The van der Waals surface area contributed by atoms with Gasteiger partial charge in [0.05, 0.1) is 0 Å². The number of fused-ring (bicyclic) bond motifs is 1. The average Bonchev–Trinajstić information content (AvgIpc) is 2.95. The van der Waals surface area contributed by atoms with Crippen LogP contribution < -0.4 is 5.32 Å². The Hall–Kier alpha value is -2.28. The van der Waals surface area contributed by atoms with E-state index in [0.717, 1.165) is 36.7 Å². The van der Waals surface area contributed by atoms with Gasteiger partial charge in [-0.15, -0.1) is 0 Å². The SMILES string of the molecule is CC(C)Cn1nc(C(=O)N(C)C)c2c1CCC(NCc1cc(F)cc(F)c1)C2. The summed E-state index contributed by atoms with van der Waals surface area (Å²) in [7, 11) is 3.46. The number of hydrogen-bond acceptors (Lipinski definition) is 3. The Labute approximate surface area is 164 Å². The van der Waals surface area contributed by atoms with Crippen molar-refractivity contribution in [3.63, 3.8) is 0 Å². The molecule has 1 aromatic heterocycles. The van der Waals surface area contributed by atoms with E-state index in [0.29, 0.717) is 30.1 Å². The molecule has 1 N–H and O–H groups in total. The summed E-state index contributed by atoms with van der Waals surface area (Å²) in [5.41, 5.74) is 3.22. The zero-order valence-corrected chi connectivity index (χ0v) is 16.9. The molecule has 1 aromatic carbocycles. The van der Waals surface area contributed by atoms with Gasteiger partial charge in [0, 0.05) is 50.6 Å². The van der Waals surface area contributed by atoms with E-state index in [1.807, 2.05) is 4.68 Å². The van der Waals surface area contributed by atoms with Crippen molar-refractivity contribution in [1.29, 1.82) is 0 Å². The molecule has 1 atom stereocenters. The van der Waals surface area contributed by atoms with Crippen LogP contribution in [0.5, 0.6) is 0 Å². The molecule has 7 heteroatoms. The predicted octanol–water partition coefficient (Wildman–Crippen LogP) is 3.17. The van der Waals surface area contributed by atoms with Gasteiger partial charge in [0.15, 0.2) is 5.69 Å². The second-order valence-corrected chi connectivity index (χ2v) is 8.15. The Bertz CT molecular complexity index is 840. The Morgan fingerprint density at radius 2 is 1.96 bits per heavy atom. The molecular weight excluding hydrogens is 362 g/mol. The maximum Gasteiger partial charge on any atom is 0.274 e. The second kappa shape index (κ2) is 8.39. The highest BCUT2D eigenvalue weighted by Gasteiger charge is 2.29. The lowest BCUT2D eigenvalue weighted by atomic mass is 9.90. The molecule has 0 aliphatic heterocycles. The summed E-state index contributed by atoms with van der Waals surface area (Å²) < 4.78 is 28.8. The fourth-order valence-electron chi connectivity index (χ4n) is 3.72. The van der Waals surface area contributed by atoms with Crippen LogP contribution in [0.4, 0.5) is 8.78 Å². The number of amides is 1. The molecule has 28 heavy (non-hydrogen) atoms. The van der Waals surface area contributed by atoms with Crippen LogP contribution in [0.2, 0.25) is 0 Å². The van der Waals surface area contributed by atoms with Crippen LogP contribution in [-0.4, -0.2) is 40.7 Å². The number of benzene rings is 1. The zero-order valence-electron chi connectivity index (χ0n) is 16.9. The normalized spacial score (nSPS) is 16.3. The standard InChI is InChI=1S/C21H28F2N4O/c1-13(2)12-27-19-6-5-17(10-18(19)20(25-27)21(28)26(3)4)24-11-14-7-15(22)9-16(23)8-14/h7-9,13,17,24H,5-6,10-12H2,1-4H3. The van der Waals surface area contributed by atoms with Crippen molar-refractivity contribution in [3.8, 4) is 0 Å². The molecule has 1 amide bonds. The number of nitrogens with one attached hydrogen (secondary N) is 1. The molecule has 0 spiro atoms. The Kier molecular flexibility index (Phi) is 6.13. The van der Waals surface area contributed by atoms with Gasteiger partial charge < -0.3 is 10.2 Å². The number of carbonyl (C=O) groups excluding carboxylic acids is 1. The first-order valence-electron chi connectivity index (χ1n) is 9.73. The molecule has 0 fully saturated rings. The minimum Gasteiger partial charge on any atom is -0.343 e. The quantitative estimate of drug-likeness (QED) is 0.824. The summed E-state index contributed by atoms with van der Waals surface area (Å²) in [5.74, 6) is -0.801. The molecule has 5 nitrogen and oxygen atoms in total. The average molecular weight is 390 g/mol. The lowest BCUT2D eigenvalue weighted by molar-refractivity contribution is 0.0819. The van der Waals surface area contributed by atoms with Crippen molar-refractivity contribution in [2.75, 3.05) is 14.1 Å². The van der Waals surface area contributed by atoms with Crippen molar-refractivity contribution >= 4 is 5.91 Å². The number of nitrogens with zero attached hydrogens (tertiary/aromatic N) is 3. The van der Waals surface area contributed by atoms with Gasteiger partial charge in [-0.25, -0.2) is 8.78 Å². The molecular formula is C21H28F2N4O. The number of aromatic nitrogens is 2. The number of carbonyl (C=O) groups is 1. The Balaban J connectivity index is 1.78. The van der Waals surface area contributed by atoms with Gasteiger partial charge in [-0.1, -0.05) is 13.8 Å². The van der Waals surface area contributed by atoms with Gasteiger partial charge in [-0.2, -0.15) is 5.10 Å². The van der Waals surface area contributed by atoms with E-state index in [4.69, 9.17) is 0 Å². The minimum absolute atomic E-state index is 0.0911. The maximum atomic E-state index is 13.4. The largest absolute Gasteiger partial charge is 0.343 e. The van der Waals surface area contributed by atoms with Gasteiger partial charge in [0.2, 0.25) is 0 Å². The van der Waals surface area contributed by atoms with Crippen molar-refractivity contribution in [3.05, 3.63) is 52.3 Å². The van der Waals surface area contributed by atoms with Crippen LogP contribution in [0.25, 0.3) is 0 Å². The fourth-order valence-corrected chi connectivity index (χ4v) is 3.72. The molecule has 0 saturated carbocycles. The molecule has 2 aromatic rings. The summed E-state index contributed by atoms with van der Waals surface area (Å²) in [6.07, 6.45) is 2.40. The highest BCUT2D eigenvalue weighted by Crippen LogP contribution is 2.26. The van der Waals surface area contributed by atoms with E-state index < -0.39 is 11.6 Å². The lowest BCUT2D eigenvalue weighted by Crippen LogP contribution is -2.35. The molecule has 152 valence electrons. The summed E-state index contributed by atoms with van der Waals surface area (Å²) in [6, 6.07) is 3.68. The van der Waals surface area contributed by atoms with Crippen molar-refractivity contribution in [2.45, 2.75) is 52.2 Å². The van der Waals surface area contributed by atoms with Crippen LogP contribution in [0, 0.1) is 17.6 Å². The molecule has 0 radical (unpaired) electrons. The highest BCUT2D eigenvalue weighted by molar-refractivity contribution is 5.93. The predicted molar refractivity (Wildman–Crippen MR) is 104 cm³/mol. The third kappa shape index (κ3) is 4.58. The molecule has 0 saturated heterocycles. The van der Waals surface area contributed by atoms with Gasteiger partial charge in [0.1, 0.15) is 11.6 Å². The van der Waals surface area contributed by atoms with Gasteiger partial charge >= 0.3 is 0 Å². The smallest absolute Gasteiger partial charge is 0.274 e. The second-order valence-electron chi connectivity index (χ2n) is 8.15. The Morgan fingerprint density at radius 3 is 2.57 bits per heavy atom. The van der Waals surface area contributed by atoms with E-state index in [9.17, 15) is 13.6 Å². The summed E-state index contributed by atoms with van der Waals surface area (Å²) >= 11 is 0. The van der Waals surface area contributed by atoms with Crippen LogP contribution >= 0.6 is 0 Å². The number of rotatable bonds is 6. The first kappa shape index (κ1) is 20.5. The molecule has 1 aliphatic rings. The van der Waals surface area contributed by atoms with Crippen LogP contribution in [0.3, 0.4) is 0 Å². The monoisotopic (exact) mass is 390 g/mol. The van der Waals surface area contributed by atoms with Crippen molar-refractivity contribution in [1.82, 2.24) is 20.0 Å². The lowest BCUT2D eigenvalue weighted by Gasteiger charge is -2.25. The first-order valence-corrected chi connectivity index (χ1v) is 9.73. The molecule has 3 rings (SSSR count). The van der Waals surface area contributed by atoms with Crippen LogP contribution in [0.15, 0.2) is 18.2 Å². The van der Waals surface area contributed by atoms with Gasteiger partial charge in [-0.05, 0) is 42.9 Å². The fraction of sp³-hybridized carbons (Fsp3) is 0.524. The first-order chi connectivity index (χ1) is 13.2.